The average Bonchev–Trinajstić information content (AvgIpc) is 2.86. The monoisotopic (exact) mass is 380 g/mol. The number of hydrogen-bond donors (Lipinski definition) is 0. The summed E-state index contributed by atoms with van der Waals surface area (Å²) in [4.78, 5) is 18.1. The van der Waals surface area contributed by atoms with Crippen LogP contribution in [0.4, 0.5) is 0 Å². The van der Waals surface area contributed by atoms with Crippen LogP contribution in [0.5, 0.6) is 0 Å². The van der Waals surface area contributed by atoms with Crippen LogP contribution in [-0.4, -0.2) is 57.7 Å². The quantitative estimate of drug-likeness (QED) is 0.800. The maximum atomic E-state index is 13.4. The van der Waals surface area contributed by atoms with Crippen LogP contribution in [0, 0.1) is 19.8 Å². The summed E-state index contributed by atoms with van der Waals surface area (Å²) in [5, 5.41) is 4.46. The Morgan fingerprint density at radius 3 is 2.61 bits per heavy atom. The van der Waals surface area contributed by atoms with Crippen molar-refractivity contribution in [2.75, 3.05) is 26.2 Å². The summed E-state index contributed by atoms with van der Waals surface area (Å²) in [6.07, 6.45) is 4.68. The van der Waals surface area contributed by atoms with Gasteiger partial charge in [-0.25, -0.2) is 0 Å². The number of hydrogen-bond acceptors (Lipinski definition) is 3. The molecule has 3 saturated heterocycles. The summed E-state index contributed by atoms with van der Waals surface area (Å²) in [5.41, 5.74) is 4.05. The molecule has 0 spiro atoms. The molecule has 4 heterocycles. The first kappa shape index (κ1) is 19.2. The van der Waals surface area contributed by atoms with Crippen LogP contribution in [0.25, 0.3) is 0 Å². The minimum Gasteiger partial charge on any atom is -0.334 e. The van der Waals surface area contributed by atoms with E-state index in [4.69, 9.17) is 0 Å². The molecule has 3 aliphatic heterocycles. The molecule has 2 aromatic rings. The van der Waals surface area contributed by atoms with Crippen LogP contribution in [0.3, 0.4) is 0 Å². The maximum Gasteiger partial charge on any atom is 0.257 e. The number of aromatic nitrogens is 2. The Labute approximate surface area is 168 Å². The maximum absolute atomic E-state index is 13.4. The lowest BCUT2D eigenvalue weighted by Gasteiger charge is -2.36. The van der Waals surface area contributed by atoms with E-state index in [9.17, 15) is 4.79 Å². The summed E-state index contributed by atoms with van der Waals surface area (Å²) < 4.78 is 1.83. The second-order valence-electron chi connectivity index (χ2n) is 8.57. The second kappa shape index (κ2) is 8.08. The van der Waals surface area contributed by atoms with E-state index in [1.807, 2.05) is 25.6 Å². The van der Waals surface area contributed by atoms with Crippen molar-refractivity contribution in [3.8, 4) is 0 Å². The molecule has 0 unspecified atom stereocenters. The molecule has 150 valence electrons. The van der Waals surface area contributed by atoms with Crippen molar-refractivity contribution in [1.82, 2.24) is 19.6 Å². The Morgan fingerprint density at radius 1 is 1.11 bits per heavy atom. The predicted octanol–water partition coefficient (Wildman–Crippen LogP) is 3.21. The van der Waals surface area contributed by atoms with Gasteiger partial charge in [0.1, 0.15) is 0 Å². The minimum absolute atomic E-state index is 0.184. The molecule has 0 N–H and O–H groups in total. The van der Waals surface area contributed by atoms with Crippen molar-refractivity contribution in [2.24, 2.45) is 13.0 Å². The highest BCUT2D eigenvalue weighted by molar-refractivity contribution is 5.96. The zero-order chi connectivity index (χ0) is 19.7. The van der Waals surface area contributed by atoms with Gasteiger partial charge in [0.2, 0.25) is 0 Å². The van der Waals surface area contributed by atoms with Gasteiger partial charge in [0.15, 0.2) is 0 Å². The lowest BCUT2D eigenvalue weighted by atomic mass is 9.94. The predicted molar refractivity (Wildman–Crippen MR) is 111 cm³/mol. The normalized spacial score (nSPS) is 22.5. The summed E-state index contributed by atoms with van der Waals surface area (Å²) >= 11 is 0. The van der Waals surface area contributed by atoms with E-state index in [1.165, 1.54) is 18.4 Å². The summed E-state index contributed by atoms with van der Waals surface area (Å²) in [6, 6.07) is 11.1. The van der Waals surface area contributed by atoms with E-state index in [0.29, 0.717) is 12.0 Å². The van der Waals surface area contributed by atoms with E-state index in [2.05, 4.69) is 45.2 Å². The fraction of sp³-hybridized carbons (Fsp3) is 0.565. The average molecular weight is 381 g/mol. The number of nitrogens with zero attached hydrogens (tertiary/aromatic N) is 4. The fourth-order valence-electron chi connectivity index (χ4n) is 4.99. The molecule has 1 aromatic heterocycles. The molecule has 3 fully saturated rings. The molecule has 28 heavy (non-hydrogen) atoms. The summed E-state index contributed by atoms with van der Waals surface area (Å²) in [7, 11) is 1.92. The number of piperidine rings is 1. The van der Waals surface area contributed by atoms with Crippen molar-refractivity contribution in [2.45, 2.75) is 45.6 Å². The lowest BCUT2D eigenvalue weighted by Crippen LogP contribution is -2.47. The number of aryl methyl sites for hydroxylation is 3. The largest absolute Gasteiger partial charge is 0.334 e. The van der Waals surface area contributed by atoms with Crippen molar-refractivity contribution in [3.63, 3.8) is 0 Å². The van der Waals surface area contributed by atoms with Gasteiger partial charge < -0.3 is 9.80 Å². The molecule has 5 rings (SSSR count). The van der Waals surface area contributed by atoms with Crippen molar-refractivity contribution < 1.29 is 4.79 Å². The van der Waals surface area contributed by atoms with Gasteiger partial charge in [-0.1, -0.05) is 30.3 Å². The number of benzene rings is 1. The number of amides is 1. The number of rotatable bonds is 5. The summed E-state index contributed by atoms with van der Waals surface area (Å²) in [5.74, 6) is 0.778. The Balaban J connectivity index is 1.41. The van der Waals surface area contributed by atoms with Gasteiger partial charge in [-0.3, -0.25) is 9.48 Å². The Morgan fingerprint density at radius 2 is 1.89 bits per heavy atom. The van der Waals surface area contributed by atoms with E-state index >= 15 is 0 Å². The Bertz CT molecular complexity index is 829. The molecule has 0 saturated carbocycles. The zero-order valence-electron chi connectivity index (χ0n) is 17.4. The van der Waals surface area contributed by atoms with Crippen molar-refractivity contribution in [3.05, 3.63) is 52.8 Å². The first-order chi connectivity index (χ1) is 13.5. The highest BCUT2D eigenvalue weighted by Gasteiger charge is 2.38. The third kappa shape index (κ3) is 3.86. The van der Waals surface area contributed by atoms with E-state index < -0.39 is 0 Å². The molecule has 3 aliphatic rings. The van der Waals surface area contributed by atoms with E-state index in [-0.39, 0.29) is 5.91 Å². The van der Waals surface area contributed by atoms with Crippen LogP contribution >= 0.6 is 0 Å². The minimum atomic E-state index is 0.184. The Hall–Kier alpha value is -2.14. The second-order valence-corrected chi connectivity index (χ2v) is 8.57. The SMILES string of the molecule is Cc1nn(C)c(C)c1C(=O)N1C[C@H]2CC[C@@H]1CN(CCCc1ccccc1)C2. The molecule has 5 heteroatoms. The van der Waals surface area contributed by atoms with Crippen LogP contribution in [-0.2, 0) is 13.5 Å². The van der Waals surface area contributed by atoms with E-state index in [0.717, 1.165) is 56.0 Å². The highest BCUT2D eigenvalue weighted by atomic mass is 16.2. The van der Waals surface area contributed by atoms with Gasteiger partial charge in [-0.2, -0.15) is 5.10 Å². The third-order valence-electron chi connectivity index (χ3n) is 6.56. The molecule has 1 amide bonds. The van der Waals surface area contributed by atoms with Crippen LogP contribution in [0.15, 0.2) is 30.3 Å². The van der Waals surface area contributed by atoms with Crippen LogP contribution in [0.1, 0.15) is 46.6 Å². The molecular weight excluding hydrogens is 348 g/mol. The first-order valence-corrected chi connectivity index (χ1v) is 10.6. The van der Waals surface area contributed by atoms with Gasteiger partial charge in [-0.05, 0) is 57.6 Å². The highest BCUT2D eigenvalue weighted by Crippen LogP contribution is 2.30. The van der Waals surface area contributed by atoms with Crippen LogP contribution < -0.4 is 0 Å². The molecular formula is C23H32N4O. The molecule has 5 nitrogen and oxygen atoms in total. The number of carbonyl (C=O) groups excluding carboxylic acids is 1. The molecule has 2 bridgehead atoms. The van der Waals surface area contributed by atoms with Crippen molar-refractivity contribution >= 4 is 5.91 Å². The molecule has 0 radical (unpaired) electrons. The van der Waals surface area contributed by atoms with Gasteiger partial charge in [0.25, 0.3) is 5.91 Å². The first-order valence-electron chi connectivity index (χ1n) is 10.6. The van der Waals surface area contributed by atoms with Crippen LogP contribution in [0.2, 0.25) is 0 Å². The lowest BCUT2D eigenvalue weighted by molar-refractivity contribution is 0.0583. The van der Waals surface area contributed by atoms with Gasteiger partial charge in [0.05, 0.1) is 11.3 Å². The number of fused-ring (bicyclic) bond motifs is 4. The van der Waals surface area contributed by atoms with Gasteiger partial charge in [-0.15, -0.1) is 0 Å². The number of carbonyl (C=O) groups is 1. The standard InChI is InChI=1S/C23H32N4O/c1-17-22(18(2)25(3)24-17)23(28)27-15-20-11-12-21(27)16-26(14-20)13-7-10-19-8-5-4-6-9-19/h4-6,8-9,20-21H,7,10-16H2,1-3H3/t20-,21+/m0/s1. The van der Waals surface area contributed by atoms with Gasteiger partial charge in [0, 0.05) is 38.4 Å². The third-order valence-corrected chi connectivity index (χ3v) is 6.56. The smallest absolute Gasteiger partial charge is 0.257 e. The Kier molecular flexibility index (Phi) is 5.54. The topological polar surface area (TPSA) is 41.4 Å². The zero-order valence-corrected chi connectivity index (χ0v) is 17.4. The molecule has 2 atom stereocenters. The molecule has 1 aromatic carbocycles. The fourth-order valence-corrected chi connectivity index (χ4v) is 4.99. The van der Waals surface area contributed by atoms with Gasteiger partial charge >= 0.3 is 0 Å². The summed E-state index contributed by atoms with van der Waals surface area (Å²) in [6.45, 7) is 8.10. The van der Waals surface area contributed by atoms with Crippen molar-refractivity contribution in [1.29, 1.82) is 0 Å². The molecule has 0 aliphatic carbocycles. The van der Waals surface area contributed by atoms with E-state index in [1.54, 1.807) is 0 Å².